The van der Waals surface area contributed by atoms with Crippen LogP contribution in [0, 0.1) is 6.92 Å². The third kappa shape index (κ3) is 2.46. The highest BCUT2D eigenvalue weighted by atomic mass is 15.3. The van der Waals surface area contributed by atoms with Crippen LogP contribution in [0.4, 0.5) is 0 Å². The van der Waals surface area contributed by atoms with Gasteiger partial charge in [0.1, 0.15) is 0 Å². The van der Waals surface area contributed by atoms with Crippen LogP contribution in [-0.4, -0.2) is 21.3 Å². The highest BCUT2D eigenvalue weighted by molar-refractivity contribution is 5.25. The van der Waals surface area contributed by atoms with Gasteiger partial charge in [0, 0.05) is 18.9 Å². The molecule has 4 nitrogen and oxygen atoms in total. The smallest absolute Gasteiger partial charge is 0.153 e. The molecule has 0 saturated carbocycles. The lowest BCUT2D eigenvalue weighted by Crippen LogP contribution is -2.12. The molecule has 16 heavy (non-hydrogen) atoms. The maximum atomic E-state index is 4.38. The number of hydrogen-bond donors (Lipinski definition) is 1. The van der Waals surface area contributed by atoms with Crippen LogP contribution in [0.3, 0.4) is 0 Å². The van der Waals surface area contributed by atoms with Crippen molar-refractivity contribution in [3.63, 3.8) is 0 Å². The average Bonchev–Trinajstić information content (AvgIpc) is 2.74. The number of aromatic nitrogens is 3. The summed E-state index contributed by atoms with van der Waals surface area (Å²) in [5.41, 5.74) is 2.33. The van der Waals surface area contributed by atoms with Crippen LogP contribution in [-0.2, 0) is 6.54 Å². The number of nitrogens with zero attached hydrogens (tertiary/aromatic N) is 3. The van der Waals surface area contributed by atoms with E-state index in [0.29, 0.717) is 0 Å². The van der Waals surface area contributed by atoms with Crippen LogP contribution in [0.5, 0.6) is 0 Å². The van der Waals surface area contributed by atoms with Gasteiger partial charge in [-0.25, -0.2) is 9.67 Å². The molecule has 0 aromatic carbocycles. The number of aryl methyl sites for hydroxylation is 1. The first kappa shape index (κ1) is 10.8. The molecule has 0 amide bonds. The van der Waals surface area contributed by atoms with Crippen molar-refractivity contribution in [3.05, 3.63) is 41.9 Å². The van der Waals surface area contributed by atoms with Crippen molar-refractivity contribution < 1.29 is 0 Å². The standard InChI is InChI=1S/C12H16N4/c1-3-13-7-11-4-5-12(14-8-11)16-9-10(2)6-15-16/h4-6,8-9,13H,3,7H2,1-2H3. The predicted octanol–water partition coefficient (Wildman–Crippen LogP) is 1.69. The van der Waals surface area contributed by atoms with Crippen LogP contribution < -0.4 is 5.32 Å². The van der Waals surface area contributed by atoms with Gasteiger partial charge in [0.15, 0.2) is 5.82 Å². The number of rotatable bonds is 4. The molecule has 84 valence electrons. The highest BCUT2D eigenvalue weighted by Gasteiger charge is 1.99. The van der Waals surface area contributed by atoms with Gasteiger partial charge in [-0.3, -0.25) is 0 Å². The summed E-state index contributed by atoms with van der Waals surface area (Å²) in [6.45, 7) is 5.94. The van der Waals surface area contributed by atoms with Gasteiger partial charge in [-0.1, -0.05) is 13.0 Å². The Kier molecular flexibility index (Phi) is 3.31. The second-order valence-corrected chi connectivity index (χ2v) is 3.77. The van der Waals surface area contributed by atoms with E-state index in [1.54, 1.807) is 4.68 Å². The summed E-state index contributed by atoms with van der Waals surface area (Å²) in [5.74, 6) is 0.855. The molecule has 0 saturated heterocycles. The second kappa shape index (κ2) is 4.90. The quantitative estimate of drug-likeness (QED) is 0.845. The van der Waals surface area contributed by atoms with Gasteiger partial charge in [-0.05, 0) is 30.7 Å². The molecular weight excluding hydrogens is 200 g/mol. The lowest BCUT2D eigenvalue weighted by molar-refractivity contribution is 0.722. The van der Waals surface area contributed by atoms with Crippen molar-refractivity contribution in [2.24, 2.45) is 0 Å². The maximum Gasteiger partial charge on any atom is 0.153 e. The van der Waals surface area contributed by atoms with Gasteiger partial charge in [0.25, 0.3) is 0 Å². The number of nitrogens with one attached hydrogen (secondary N) is 1. The zero-order chi connectivity index (χ0) is 11.4. The fraction of sp³-hybridized carbons (Fsp3) is 0.333. The van der Waals surface area contributed by atoms with Gasteiger partial charge in [-0.2, -0.15) is 5.10 Å². The Labute approximate surface area is 95.3 Å². The molecule has 0 atom stereocenters. The topological polar surface area (TPSA) is 42.7 Å². The first-order valence-corrected chi connectivity index (χ1v) is 5.47. The lowest BCUT2D eigenvalue weighted by atomic mass is 10.3. The van der Waals surface area contributed by atoms with E-state index in [1.165, 1.54) is 5.56 Å². The van der Waals surface area contributed by atoms with Gasteiger partial charge < -0.3 is 5.32 Å². The summed E-state index contributed by atoms with van der Waals surface area (Å²) in [6, 6.07) is 4.06. The monoisotopic (exact) mass is 216 g/mol. The van der Waals surface area contributed by atoms with Gasteiger partial charge >= 0.3 is 0 Å². The Bertz CT molecular complexity index is 444. The minimum absolute atomic E-state index is 0.855. The molecule has 2 aromatic rings. The Morgan fingerprint density at radius 1 is 1.31 bits per heavy atom. The van der Waals surface area contributed by atoms with Gasteiger partial charge in [0.2, 0.25) is 0 Å². The fourth-order valence-corrected chi connectivity index (χ4v) is 1.46. The molecule has 2 aromatic heterocycles. The van der Waals surface area contributed by atoms with Crippen molar-refractivity contribution in [1.82, 2.24) is 20.1 Å². The van der Waals surface area contributed by atoms with Crippen LogP contribution in [0.2, 0.25) is 0 Å². The predicted molar refractivity (Wildman–Crippen MR) is 63.5 cm³/mol. The molecule has 0 fully saturated rings. The Morgan fingerprint density at radius 2 is 2.19 bits per heavy atom. The average molecular weight is 216 g/mol. The van der Waals surface area contributed by atoms with E-state index in [2.05, 4.69) is 28.4 Å². The molecule has 2 heterocycles. The normalized spacial score (nSPS) is 10.6. The summed E-state index contributed by atoms with van der Waals surface area (Å²) in [4.78, 5) is 4.38. The van der Waals surface area contributed by atoms with E-state index in [-0.39, 0.29) is 0 Å². The minimum atomic E-state index is 0.855. The zero-order valence-electron chi connectivity index (χ0n) is 9.64. The largest absolute Gasteiger partial charge is 0.313 e. The van der Waals surface area contributed by atoms with E-state index in [1.807, 2.05) is 31.6 Å². The van der Waals surface area contributed by atoms with E-state index in [9.17, 15) is 0 Å². The highest BCUT2D eigenvalue weighted by Crippen LogP contribution is 2.06. The minimum Gasteiger partial charge on any atom is -0.313 e. The van der Waals surface area contributed by atoms with Crippen molar-refractivity contribution in [3.8, 4) is 5.82 Å². The van der Waals surface area contributed by atoms with Crippen molar-refractivity contribution in [1.29, 1.82) is 0 Å². The first-order valence-electron chi connectivity index (χ1n) is 5.47. The summed E-state index contributed by atoms with van der Waals surface area (Å²) < 4.78 is 1.78. The second-order valence-electron chi connectivity index (χ2n) is 3.77. The molecule has 2 rings (SSSR count). The molecule has 0 aliphatic heterocycles. The van der Waals surface area contributed by atoms with Crippen molar-refractivity contribution in [2.45, 2.75) is 20.4 Å². The van der Waals surface area contributed by atoms with E-state index in [4.69, 9.17) is 0 Å². The van der Waals surface area contributed by atoms with Gasteiger partial charge in [-0.15, -0.1) is 0 Å². The van der Waals surface area contributed by atoms with Crippen LogP contribution >= 0.6 is 0 Å². The number of pyridine rings is 1. The summed E-state index contributed by atoms with van der Waals surface area (Å²) in [5, 5.41) is 7.48. The molecule has 0 spiro atoms. The van der Waals surface area contributed by atoms with Crippen LogP contribution in [0.1, 0.15) is 18.1 Å². The summed E-state index contributed by atoms with van der Waals surface area (Å²) >= 11 is 0. The lowest BCUT2D eigenvalue weighted by Gasteiger charge is -2.03. The third-order valence-electron chi connectivity index (χ3n) is 2.33. The van der Waals surface area contributed by atoms with Crippen LogP contribution in [0.15, 0.2) is 30.7 Å². The van der Waals surface area contributed by atoms with E-state index < -0.39 is 0 Å². The van der Waals surface area contributed by atoms with Crippen molar-refractivity contribution >= 4 is 0 Å². The van der Waals surface area contributed by atoms with Gasteiger partial charge in [0.05, 0.1) is 6.20 Å². The molecular formula is C12H16N4. The first-order chi connectivity index (χ1) is 7.79. The zero-order valence-corrected chi connectivity index (χ0v) is 9.64. The molecule has 0 bridgehead atoms. The Morgan fingerprint density at radius 3 is 2.75 bits per heavy atom. The maximum absolute atomic E-state index is 4.38. The fourth-order valence-electron chi connectivity index (χ4n) is 1.46. The van der Waals surface area contributed by atoms with E-state index >= 15 is 0 Å². The molecule has 0 aliphatic rings. The third-order valence-corrected chi connectivity index (χ3v) is 2.33. The molecule has 0 unspecified atom stereocenters. The molecule has 1 N–H and O–H groups in total. The van der Waals surface area contributed by atoms with Crippen molar-refractivity contribution in [2.75, 3.05) is 6.54 Å². The molecule has 0 aliphatic carbocycles. The summed E-state index contributed by atoms with van der Waals surface area (Å²) in [7, 11) is 0. The van der Waals surface area contributed by atoms with Crippen LogP contribution in [0.25, 0.3) is 5.82 Å². The summed E-state index contributed by atoms with van der Waals surface area (Å²) in [6.07, 6.45) is 5.68. The SMILES string of the molecule is CCNCc1ccc(-n2cc(C)cn2)nc1. The molecule has 0 radical (unpaired) electrons. The molecule has 4 heteroatoms. The Balaban J connectivity index is 2.13. The number of hydrogen-bond acceptors (Lipinski definition) is 3. The Hall–Kier alpha value is -1.68. The van der Waals surface area contributed by atoms with E-state index in [0.717, 1.165) is 24.5 Å².